The maximum atomic E-state index is 12.9. The van der Waals surface area contributed by atoms with Gasteiger partial charge in [-0.1, -0.05) is 31.4 Å². The van der Waals surface area contributed by atoms with Gasteiger partial charge in [-0.05, 0) is 31.9 Å². The Bertz CT molecular complexity index is 648. The first-order valence-corrected chi connectivity index (χ1v) is 10.7. The van der Waals surface area contributed by atoms with Crippen LogP contribution in [-0.4, -0.2) is 78.9 Å². The molecule has 1 aromatic rings. The molecule has 0 saturated carbocycles. The van der Waals surface area contributed by atoms with Gasteiger partial charge in [0.2, 0.25) is 5.91 Å². The van der Waals surface area contributed by atoms with Gasteiger partial charge in [0, 0.05) is 39.3 Å². The molecule has 28 heavy (non-hydrogen) atoms. The highest BCUT2D eigenvalue weighted by atomic mass is 16.5. The Morgan fingerprint density at radius 1 is 0.857 bits per heavy atom. The minimum Gasteiger partial charge on any atom is -0.493 e. The van der Waals surface area contributed by atoms with Gasteiger partial charge in [0.15, 0.2) is 0 Å². The highest BCUT2D eigenvalue weighted by molar-refractivity contribution is 5.97. The quantitative estimate of drug-likeness (QED) is 0.779. The molecule has 3 rings (SSSR count). The van der Waals surface area contributed by atoms with Crippen molar-refractivity contribution in [2.75, 3.05) is 52.4 Å². The average molecular weight is 388 g/mol. The van der Waals surface area contributed by atoms with E-state index in [4.69, 9.17) is 4.74 Å². The van der Waals surface area contributed by atoms with E-state index in [0.717, 1.165) is 39.0 Å². The number of carbonyl (C=O) groups excluding carboxylic acids is 2. The molecular formula is C22H33N3O3. The van der Waals surface area contributed by atoms with Crippen LogP contribution >= 0.6 is 0 Å². The van der Waals surface area contributed by atoms with Crippen LogP contribution in [0.15, 0.2) is 24.3 Å². The number of ether oxygens (including phenoxy) is 1. The number of likely N-dealkylation sites (tertiary alicyclic amines) is 1. The lowest BCUT2D eigenvalue weighted by molar-refractivity contribution is -0.133. The number of piperazine rings is 1. The van der Waals surface area contributed by atoms with Crippen molar-refractivity contribution in [1.82, 2.24) is 14.7 Å². The van der Waals surface area contributed by atoms with Crippen LogP contribution in [0.2, 0.25) is 0 Å². The van der Waals surface area contributed by atoms with E-state index >= 15 is 0 Å². The summed E-state index contributed by atoms with van der Waals surface area (Å²) < 4.78 is 5.60. The maximum Gasteiger partial charge on any atom is 0.257 e. The summed E-state index contributed by atoms with van der Waals surface area (Å²) in [4.78, 5) is 31.7. The van der Waals surface area contributed by atoms with Gasteiger partial charge in [-0.15, -0.1) is 0 Å². The molecule has 6 heteroatoms. The van der Waals surface area contributed by atoms with E-state index in [2.05, 4.69) is 4.90 Å². The lowest BCUT2D eigenvalue weighted by Gasteiger charge is -2.36. The van der Waals surface area contributed by atoms with E-state index in [1.54, 1.807) is 0 Å². The van der Waals surface area contributed by atoms with Crippen LogP contribution in [0.5, 0.6) is 5.75 Å². The lowest BCUT2D eigenvalue weighted by atomic mass is 10.1. The molecule has 2 aliphatic rings. The van der Waals surface area contributed by atoms with Gasteiger partial charge in [0.25, 0.3) is 5.91 Å². The molecule has 0 unspecified atom stereocenters. The molecule has 0 N–H and O–H groups in total. The molecule has 0 spiro atoms. The molecule has 1 aromatic carbocycles. The maximum absolute atomic E-state index is 12.9. The molecule has 2 aliphatic heterocycles. The zero-order chi connectivity index (χ0) is 19.8. The van der Waals surface area contributed by atoms with Crippen molar-refractivity contribution in [2.45, 2.75) is 39.0 Å². The second-order valence-corrected chi connectivity index (χ2v) is 7.65. The number of benzene rings is 1. The molecule has 0 radical (unpaired) electrons. The van der Waals surface area contributed by atoms with Gasteiger partial charge < -0.3 is 14.5 Å². The minimum absolute atomic E-state index is 0.0128. The first-order valence-electron chi connectivity index (χ1n) is 10.7. The van der Waals surface area contributed by atoms with E-state index in [1.165, 1.54) is 19.3 Å². The summed E-state index contributed by atoms with van der Waals surface area (Å²) in [5, 5.41) is 0. The Kier molecular flexibility index (Phi) is 7.71. The van der Waals surface area contributed by atoms with Crippen LogP contribution in [0.1, 0.15) is 49.4 Å². The number of hydrogen-bond acceptors (Lipinski definition) is 4. The topological polar surface area (TPSA) is 53.1 Å². The summed E-state index contributed by atoms with van der Waals surface area (Å²) in [6.45, 7) is 7.48. The fourth-order valence-corrected chi connectivity index (χ4v) is 3.99. The molecule has 2 saturated heterocycles. The molecule has 6 nitrogen and oxygen atoms in total. The lowest BCUT2D eigenvalue weighted by Crippen LogP contribution is -2.51. The van der Waals surface area contributed by atoms with Crippen molar-refractivity contribution in [1.29, 1.82) is 0 Å². The largest absolute Gasteiger partial charge is 0.493 e. The van der Waals surface area contributed by atoms with Gasteiger partial charge >= 0.3 is 0 Å². The Labute approximate surface area is 168 Å². The summed E-state index contributed by atoms with van der Waals surface area (Å²) in [6, 6.07) is 7.42. The van der Waals surface area contributed by atoms with Crippen molar-refractivity contribution in [2.24, 2.45) is 0 Å². The van der Waals surface area contributed by atoms with Gasteiger partial charge in [0.1, 0.15) is 5.75 Å². The first-order chi connectivity index (χ1) is 13.7. The number of carbonyl (C=O) groups is 2. The smallest absolute Gasteiger partial charge is 0.257 e. The van der Waals surface area contributed by atoms with Crippen LogP contribution < -0.4 is 4.74 Å². The third-order valence-corrected chi connectivity index (χ3v) is 5.64. The molecular weight excluding hydrogens is 354 g/mol. The summed E-state index contributed by atoms with van der Waals surface area (Å²) >= 11 is 0. The van der Waals surface area contributed by atoms with Crippen LogP contribution in [-0.2, 0) is 4.79 Å². The van der Waals surface area contributed by atoms with Gasteiger partial charge in [0.05, 0.1) is 18.7 Å². The van der Waals surface area contributed by atoms with Crippen molar-refractivity contribution in [3.63, 3.8) is 0 Å². The third kappa shape index (κ3) is 5.47. The minimum atomic E-state index is 0.0128. The highest BCUT2D eigenvalue weighted by Crippen LogP contribution is 2.21. The average Bonchev–Trinajstić information content (AvgIpc) is 2.68. The molecule has 2 heterocycles. The summed E-state index contributed by atoms with van der Waals surface area (Å²) in [7, 11) is 0. The van der Waals surface area contributed by atoms with Crippen LogP contribution in [0.4, 0.5) is 0 Å². The van der Waals surface area contributed by atoms with Gasteiger partial charge in [-0.3, -0.25) is 14.5 Å². The molecule has 2 amide bonds. The monoisotopic (exact) mass is 387 g/mol. The first kappa shape index (κ1) is 20.6. The number of rotatable bonds is 5. The normalized spacial score (nSPS) is 19.0. The molecule has 0 aliphatic carbocycles. The van der Waals surface area contributed by atoms with E-state index in [1.807, 2.05) is 41.0 Å². The van der Waals surface area contributed by atoms with E-state index in [-0.39, 0.29) is 11.8 Å². The number of amides is 2. The summed E-state index contributed by atoms with van der Waals surface area (Å²) in [6.07, 6.45) is 5.99. The van der Waals surface area contributed by atoms with Crippen molar-refractivity contribution in [3.8, 4) is 5.75 Å². The highest BCUT2D eigenvalue weighted by Gasteiger charge is 2.26. The standard InChI is InChI=1S/C22H33N3O3/c1-2-28-20-11-7-6-10-19(20)22(27)25-16-14-23(15-17-25)18-21(26)24-12-8-4-3-5-9-13-24/h6-7,10-11H,2-5,8-9,12-18H2,1H3. The molecule has 0 aromatic heterocycles. The van der Waals surface area contributed by atoms with E-state index < -0.39 is 0 Å². The second-order valence-electron chi connectivity index (χ2n) is 7.65. The third-order valence-electron chi connectivity index (χ3n) is 5.64. The Morgan fingerprint density at radius 2 is 1.50 bits per heavy atom. The van der Waals surface area contributed by atoms with Crippen LogP contribution in [0.3, 0.4) is 0 Å². The molecule has 0 bridgehead atoms. The summed E-state index contributed by atoms with van der Waals surface area (Å²) in [5.74, 6) is 0.895. The van der Waals surface area contributed by atoms with Gasteiger partial charge in [-0.25, -0.2) is 0 Å². The second kappa shape index (κ2) is 10.5. The van der Waals surface area contributed by atoms with Crippen molar-refractivity contribution < 1.29 is 14.3 Å². The fraction of sp³-hybridized carbons (Fsp3) is 0.636. The Hall–Kier alpha value is -2.08. The predicted octanol–water partition coefficient (Wildman–Crippen LogP) is 2.64. The van der Waals surface area contributed by atoms with Gasteiger partial charge in [-0.2, -0.15) is 0 Å². The Morgan fingerprint density at radius 3 is 2.18 bits per heavy atom. The van der Waals surface area contributed by atoms with Crippen LogP contribution in [0, 0.1) is 0 Å². The molecule has 154 valence electrons. The predicted molar refractivity (Wildman–Crippen MR) is 110 cm³/mol. The number of para-hydroxylation sites is 1. The molecule has 2 fully saturated rings. The van der Waals surface area contributed by atoms with Crippen molar-refractivity contribution in [3.05, 3.63) is 29.8 Å². The van der Waals surface area contributed by atoms with Crippen LogP contribution in [0.25, 0.3) is 0 Å². The van der Waals surface area contributed by atoms with E-state index in [0.29, 0.717) is 37.6 Å². The number of nitrogens with zero attached hydrogens (tertiary/aromatic N) is 3. The zero-order valence-corrected chi connectivity index (χ0v) is 17.1. The zero-order valence-electron chi connectivity index (χ0n) is 17.1. The Balaban J connectivity index is 1.50. The van der Waals surface area contributed by atoms with Crippen molar-refractivity contribution >= 4 is 11.8 Å². The summed E-state index contributed by atoms with van der Waals surface area (Å²) in [5.41, 5.74) is 0.620. The SMILES string of the molecule is CCOc1ccccc1C(=O)N1CCN(CC(=O)N2CCCCCCC2)CC1. The number of hydrogen-bond donors (Lipinski definition) is 0. The van der Waals surface area contributed by atoms with E-state index in [9.17, 15) is 9.59 Å². The fourth-order valence-electron chi connectivity index (χ4n) is 3.99. The molecule has 0 atom stereocenters.